The molecule has 0 unspecified atom stereocenters. The fourth-order valence-electron chi connectivity index (χ4n) is 1.66. The second kappa shape index (κ2) is 7.16. The van der Waals surface area contributed by atoms with Crippen molar-refractivity contribution in [2.75, 3.05) is 0 Å². The lowest BCUT2D eigenvalue weighted by atomic mass is 10.3. The molecule has 2 heterocycles. The first-order chi connectivity index (χ1) is 9.65. The van der Waals surface area contributed by atoms with Gasteiger partial charge in [0.2, 0.25) is 10.9 Å². The summed E-state index contributed by atoms with van der Waals surface area (Å²) in [4.78, 5) is 27.9. The number of hydrogen-bond acceptors (Lipinski definition) is 2. The van der Waals surface area contributed by atoms with Crippen LogP contribution in [0.2, 0.25) is 15.1 Å². The Morgan fingerprint density at radius 1 is 0.762 bits per heavy atom. The average Bonchev–Trinajstić information content (AvgIpc) is 2.41. The van der Waals surface area contributed by atoms with Gasteiger partial charge in [0.15, 0.2) is 0 Å². The van der Waals surface area contributed by atoms with Crippen LogP contribution in [-0.2, 0) is 0 Å². The monoisotopic (exact) mass is 348 g/mol. The molecule has 0 fully saturated rings. The van der Waals surface area contributed by atoms with Gasteiger partial charge < -0.3 is 9.97 Å². The summed E-state index contributed by atoms with van der Waals surface area (Å²) in [5.74, 6) is 0. The van der Waals surface area contributed by atoms with E-state index in [1.807, 2.05) is 6.92 Å². The fourth-order valence-corrected chi connectivity index (χ4v) is 2.09. The van der Waals surface area contributed by atoms with E-state index in [0.29, 0.717) is 11.4 Å². The third-order valence-electron chi connectivity index (χ3n) is 2.71. The van der Waals surface area contributed by atoms with Gasteiger partial charge in [-0.2, -0.15) is 0 Å². The highest BCUT2D eigenvalue weighted by atomic mass is 35.5. The standard InChI is InChI=1S/C7H7Cl2NO.C7H8ClNO/c1-3-5(8)7(11)6(9)4(2)10-3;1-4-3-6(10)7(8)5(2)9-4/h1-2H3,(H,10,11);3H,1-2H3,(H,9,10). The molecule has 0 bridgehead atoms. The van der Waals surface area contributed by atoms with E-state index in [1.165, 1.54) is 6.07 Å². The first-order valence-electron chi connectivity index (χ1n) is 6.05. The number of halogens is 3. The number of pyridine rings is 2. The maximum atomic E-state index is 11.1. The molecule has 4 nitrogen and oxygen atoms in total. The SMILES string of the molecule is Cc1[nH]c(C)c(Cl)c(=O)c1Cl.Cc1cc(=O)c(Cl)c(C)[nH]1. The Kier molecular flexibility index (Phi) is 6.08. The zero-order valence-electron chi connectivity index (χ0n) is 12.0. The van der Waals surface area contributed by atoms with Crippen LogP contribution in [0, 0.1) is 27.7 Å². The summed E-state index contributed by atoms with van der Waals surface area (Å²) >= 11 is 16.9. The summed E-state index contributed by atoms with van der Waals surface area (Å²) in [7, 11) is 0. The van der Waals surface area contributed by atoms with E-state index in [9.17, 15) is 9.59 Å². The largest absolute Gasteiger partial charge is 0.361 e. The minimum absolute atomic E-state index is 0.115. The Bertz CT molecular complexity index is 750. The smallest absolute Gasteiger partial charge is 0.219 e. The van der Waals surface area contributed by atoms with E-state index in [4.69, 9.17) is 34.8 Å². The number of H-pyrrole nitrogens is 2. The number of rotatable bonds is 0. The minimum atomic E-state index is -0.304. The Hall–Kier alpha value is -1.23. The molecule has 0 atom stereocenters. The topological polar surface area (TPSA) is 65.7 Å². The fraction of sp³-hybridized carbons (Fsp3) is 0.286. The second-order valence-corrected chi connectivity index (χ2v) is 5.72. The van der Waals surface area contributed by atoms with Crippen LogP contribution in [0.4, 0.5) is 0 Å². The quantitative estimate of drug-likeness (QED) is 0.756. The maximum absolute atomic E-state index is 11.1. The molecule has 21 heavy (non-hydrogen) atoms. The van der Waals surface area contributed by atoms with Crippen molar-refractivity contribution in [1.82, 2.24) is 9.97 Å². The van der Waals surface area contributed by atoms with Crippen molar-refractivity contribution in [3.05, 3.63) is 64.4 Å². The minimum Gasteiger partial charge on any atom is -0.361 e. The summed E-state index contributed by atoms with van der Waals surface area (Å²) < 4.78 is 0. The normalized spacial score (nSPS) is 10.0. The number of hydrogen-bond donors (Lipinski definition) is 2. The van der Waals surface area contributed by atoms with Crippen molar-refractivity contribution in [3.8, 4) is 0 Å². The van der Waals surface area contributed by atoms with Crippen LogP contribution < -0.4 is 10.9 Å². The Morgan fingerprint density at radius 3 is 1.62 bits per heavy atom. The van der Waals surface area contributed by atoms with E-state index >= 15 is 0 Å². The third kappa shape index (κ3) is 4.37. The van der Waals surface area contributed by atoms with Crippen molar-refractivity contribution in [1.29, 1.82) is 0 Å². The third-order valence-corrected chi connectivity index (χ3v) is 4.09. The Balaban J connectivity index is 0.000000211. The highest BCUT2D eigenvalue weighted by molar-refractivity contribution is 6.35. The molecular formula is C14H15Cl3N2O2. The molecule has 0 saturated carbocycles. The van der Waals surface area contributed by atoms with Gasteiger partial charge in [0.05, 0.1) is 0 Å². The first kappa shape index (κ1) is 17.8. The number of aromatic amines is 2. The van der Waals surface area contributed by atoms with Crippen LogP contribution in [0.5, 0.6) is 0 Å². The summed E-state index contributed by atoms with van der Waals surface area (Å²) in [5, 5.41) is 0.617. The van der Waals surface area contributed by atoms with Crippen molar-refractivity contribution in [2.24, 2.45) is 0 Å². The van der Waals surface area contributed by atoms with Crippen molar-refractivity contribution >= 4 is 34.8 Å². The predicted octanol–water partition coefficient (Wildman–Crippen LogP) is 3.94. The Morgan fingerprint density at radius 2 is 1.19 bits per heavy atom. The molecule has 0 aliphatic heterocycles. The summed E-state index contributed by atoms with van der Waals surface area (Å²) in [6, 6.07) is 1.48. The van der Waals surface area contributed by atoms with Crippen molar-refractivity contribution in [3.63, 3.8) is 0 Å². The van der Waals surface area contributed by atoms with Gasteiger partial charge in [-0.15, -0.1) is 0 Å². The number of aryl methyl sites for hydroxylation is 4. The van der Waals surface area contributed by atoms with Crippen LogP contribution in [0.1, 0.15) is 22.8 Å². The highest BCUT2D eigenvalue weighted by Gasteiger charge is 2.07. The molecule has 7 heteroatoms. The lowest BCUT2D eigenvalue weighted by Gasteiger charge is -2.01. The predicted molar refractivity (Wildman–Crippen MR) is 88.1 cm³/mol. The van der Waals surface area contributed by atoms with Crippen LogP contribution in [0.3, 0.4) is 0 Å². The van der Waals surface area contributed by atoms with E-state index in [0.717, 1.165) is 11.4 Å². The molecule has 0 saturated heterocycles. The molecule has 0 amide bonds. The molecule has 2 aromatic heterocycles. The van der Waals surface area contributed by atoms with Gasteiger partial charge >= 0.3 is 0 Å². The Labute approximate surface area is 137 Å². The molecule has 0 aliphatic carbocycles. The molecule has 2 aromatic rings. The van der Waals surface area contributed by atoms with Gasteiger partial charge in [0.25, 0.3) is 0 Å². The lowest BCUT2D eigenvalue weighted by molar-refractivity contribution is 1.11. The molecular weight excluding hydrogens is 335 g/mol. The van der Waals surface area contributed by atoms with E-state index in [2.05, 4.69) is 9.97 Å². The van der Waals surface area contributed by atoms with Crippen LogP contribution in [-0.4, -0.2) is 9.97 Å². The van der Waals surface area contributed by atoms with Crippen LogP contribution >= 0.6 is 34.8 Å². The maximum Gasteiger partial charge on any atom is 0.219 e. The van der Waals surface area contributed by atoms with Gasteiger partial charge in [0.1, 0.15) is 15.1 Å². The van der Waals surface area contributed by atoms with Gasteiger partial charge in [-0.05, 0) is 27.7 Å². The number of nitrogens with one attached hydrogen (secondary N) is 2. The summed E-state index contributed by atoms with van der Waals surface area (Å²) in [6.45, 7) is 7.06. The molecule has 0 radical (unpaired) electrons. The van der Waals surface area contributed by atoms with Crippen LogP contribution in [0.15, 0.2) is 15.7 Å². The van der Waals surface area contributed by atoms with Gasteiger partial charge in [-0.1, -0.05) is 34.8 Å². The molecule has 0 aromatic carbocycles. The summed E-state index contributed by atoms with van der Waals surface area (Å²) in [5.41, 5.74) is 2.45. The zero-order valence-corrected chi connectivity index (χ0v) is 14.3. The van der Waals surface area contributed by atoms with Crippen molar-refractivity contribution in [2.45, 2.75) is 27.7 Å². The molecule has 0 spiro atoms. The average molecular weight is 350 g/mol. The van der Waals surface area contributed by atoms with Gasteiger partial charge in [-0.25, -0.2) is 0 Å². The lowest BCUT2D eigenvalue weighted by Crippen LogP contribution is -2.08. The van der Waals surface area contributed by atoms with Gasteiger partial charge in [-0.3, -0.25) is 9.59 Å². The van der Waals surface area contributed by atoms with E-state index < -0.39 is 0 Å². The second-order valence-electron chi connectivity index (χ2n) is 4.59. The number of aromatic nitrogens is 2. The first-order valence-corrected chi connectivity index (χ1v) is 7.19. The van der Waals surface area contributed by atoms with Gasteiger partial charge in [0, 0.05) is 28.8 Å². The molecule has 0 aliphatic rings. The van der Waals surface area contributed by atoms with Crippen LogP contribution in [0.25, 0.3) is 0 Å². The van der Waals surface area contributed by atoms with E-state index in [1.54, 1.807) is 20.8 Å². The molecule has 114 valence electrons. The van der Waals surface area contributed by atoms with Crippen molar-refractivity contribution < 1.29 is 0 Å². The zero-order chi connectivity index (χ0) is 16.3. The highest BCUT2D eigenvalue weighted by Crippen LogP contribution is 2.14. The summed E-state index contributed by atoms with van der Waals surface area (Å²) in [6.07, 6.45) is 0. The van der Waals surface area contributed by atoms with E-state index in [-0.39, 0.29) is 25.9 Å². The molecule has 2 rings (SSSR count). The molecule has 2 N–H and O–H groups in total.